The molecule has 120 valence electrons. The van der Waals surface area contributed by atoms with Crippen LogP contribution in [0, 0.1) is 10.1 Å². The van der Waals surface area contributed by atoms with Crippen LogP contribution >= 0.6 is 0 Å². The van der Waals surface area contributed by atoms with Crippen LogP contribution in [0.15, 0.2) is 54.6 Å². The van der Waals surface area contributed by atoms with E-state index in [0.29, 0.717) is 0 Å². The van der Waals surface area contributed by atoms with Crippen molar-refractivity contribution in [3.05, 3.63) is 75.8 Å². The fraction of sp³-hybridized carbons (Fsp3) is 0.333. The summed E-state index contributed by atoms with van der Waals surface area (Å²) in [7, 11) is 4.27. The fourth-order valence-electron chi connectivity index (χ4n) is 2.69. The van der Waals surface area contributed by atoms with E-state index in [4.69, 9.17) is 0 Å². The molecular formula is C18H23BN2O2. The van der Waals surface area contributed by atoms with Gasteiger partial charge in [-0.25, -0.2) is 0 Å². The van der Waals surface area contributed by atoms with Gasteiger partial charge in [-0.2, -0.15) is 0 Å². The number of likely N-dealkylation sites (tertiary alicyclic amines) is 1. The van der Waals surface area contributed by atoms with Crippen molar-refractivity contribution in [2.75, 3.05) is 20.1 Å². The summed E-state index contributed by atoms with van der Waals surface area (Å²) in [5, 5.41) is 10.6. The van der Waals surface area contributed by atoms with Gasteiger partial charge in [-0.3, -0.25) is 10.1 Å². The standard InChI is InChI=1S/C13H12BNO2.C5H11N/c14-13(10-4-2-1-3-5-10)11-6-8-12(9-7-11)15(16)17;1-6-4-2-3-5-6/h1-9,13H,14H2;2-5H2,1H3. The monoisotopic (exact) mass is 310 g/mol. The summed E-state index contributed by atoms with van der Waals surface area (Å²) in [4.78, 5) is 12.5. The van der Waals surface area contributed by atoms with E-state index < -0.39 is 0 Å². The first kappa shape index (κ1) is 17.2. The molecule has 1 aliphatic rings. The largest absolute Gasteiger partial charge is 0.306 e. The van der Waals surface area contributed by atoms with Crippen molar-refractivity contribution in [1.29, 1.82) is 0 Å². The highest BCUT2D eigenvalue weighted by molar-refractivity contribution is 6.14. The van der Waals surface area contributed by atoms with Crippen LogP contribution in [-0.2, 0) is 0 Å². The van der Waals surface area contributed by atoms with Crippen LogP contribution in [0.2, 0.25) is 0 Å². The molecule has 0 spiro atoms. The maximum atomic E-state index is 10.6. The van der Waals surface area contributed by atoms with E-state index in [1.807, 2.05) is 30.3 Å². The average molecular weight is 310 g/mol. The number of non-ortho nitro benzene ring substituents is 1. The minimum absolute atomic E-state index is 0.133. The number of hydrogen-bond acceptors (Lipinski definition) is 3. The zero-order valence-electron chi connectivity index (χ0n) is 13.8. The van der Waals surface area contributed by atoms with Crippen LogP contribution in [0.5, 0.6) is 0 Å². The molecule has 0 bridgehead atoms. The van der Waals surface area contributed by atoms with Gasteiger partial charge in [0.2, 0.25) is 0 Å². The summed E-state index contributed by atoms with van der Waals surface area (Å²) in [6.45, 7) is 2.64. The number of benzene rings is 2. The highest BCUT2D eigenvalue weighted by Crippen LogP contribution is 2.23. The molecule has 0 saturated carbocycles. The van der Waals surface area contributed by atoms with Crippen molar-refractivity contribution < 1.29 is 4.92 Å². The lowest BCUT2D eigenvalue weighted by Gasteiger charge is -2.11. The molecule has 5 heteroatoms. The van der Waals surface area contributed by atoms with Crippen LogP contribution in [-0.4, -0.2) is 37.8 Å². The Kier molecular flexibility index (Phi) is 6.35. The van der Waals surface area contributed by atoms with Crippen LogP contribution in [0.25, 0.3) is 0 Å². The third-order valence-electron chi connectivity index (χ3n) is 4.23. The quantitative estimate of drug-likeness (QED) is 0.497. The maximum Gasteiger partial charge on any atom is 0.269 e. The summed E-state index contributed by atoms with van der Waals surface area (Å²) in [5.74, 6) is 0.247. The Morgan fingerprint density at radius 3 is 1.96 bits per heavy atom. The minimum atomic E-state index is -0.378. The zero-order valence-corrected chi connectivity index (χ0v) is 13.8. The van der Waals surface area contributed by atoms with Crippen LogP contribution < -0.4 is 0 Å². The molecule has 3 rings (SSSR count). The van der Waals surface area contributed by atoms with Gasteiger partial charge in [-0.1, -0.05) is 42.5 Å². The second-order valence-corrected chi connectivity index (χ2v) is 5.99. The predicted molar refractivity (Wildman–Crippen MR) is 96.7 cm³/mol. The first-order valence-electron chi connectivity index (χ1n) is 8.06. The molecule has 0 aliphatic carbocycles. The van der Waals surface area contributed by atoms with Gasteiger partial charge < -0.3 is 4.90 Å². The Morgan fingerprint density at radius 2 is 1.52 bits per heavy atom. The summed E-state index contributed by atoms with van der Waals surface area (Å²) < 4.78 is 0. The third kappa shape index (κ3) is 5.22. The second-order valence-electron chi connectivity index (χ2n) is 5.99. The highest BCUT2D eigenvalue weighted by Gasteiger charge is 2.10. The molecule has 1 saturated heterocycles. The first-order chi connectivity index (χ1) is 11.1. The summed E-state index contributed by atoms with van der Waals surface area (Å²) in [6.07, 6.45) is 2.83. The molecule has 1 heterocycles. The Hall–Kier alpha value is -2.14. The van der Waals surface area contributed by atoms with Crippen molar-refractivity contribution in [3.63, 3.8) is 0 Å². The molecule has 0 N–H and O–H groups in total. The molecule has 0 radical (unpaired) electrons. The molecule has 23 heavy (non-hydrogen) atoms. The van der Waals surface area contributed by atoms with E-state index in [0.717, 1.165) is 5.56 Å². The van der Waals surface area contributed by atoms with Gasteiger partial charge in [0.05, 0.1) is 4.92 Å². The summed E-state index contributed by atoms with van der Waals surface area (Å²) in [5.41, 5.74) is 2.43. The van der Waals surface area contributed by atoms with Gasteiger partial charge in [0, 0.05) is 12.1 Å². The average Bonchev–Trinajstić information content (AvgIpc) is 3.06. The third-order valence-corrected chi connectivity index (χ3v) is 4.23. The minimum Gasteiger partial charge on any atom is -0.306 e. The van der Waals surface area contributed by atoms with Gasteiger partial charge in [0.25, 0.3) is 5.69 Å². The second kappa shape index (κ2) is 8.49. The van der Waals surface area contributed by atoms with Crippen LogP contribution in [0.3, 0.4) is 0 Å². The molecule has 1 fully saturated rings. The smallest absolute Gasteiger partial charge is 0.269 e. The number of hydrogen-bond donors (Lipinski definition) is 0. The van der Waals surface area contributed by atoms with E-state index in [2.05, 4.69) is 31.9 Å². The lowest BCUT2D eigenvalue weighted by molar-refractivity contribution is -0.384. The van der Waals surface area contributed by atoms with Gasteiger partial charge in [0.1, 0.15) is 7.85 Å². The topological polar surface area (TPSA) is 46.4 Å². The molecule has 1 unspecified atom stereocenters. The number of nitro benzene ring substituents is 1. The van der Waals surface area contributed by atoms with Gasteiger partial charge in [0.15, 0.2) is 0 Å². The van der Waals surface area contributed by atoms with Crippen LogP contribution in [0.4, 0.5) is 5.69 Å². The normalized spacial score (nSPS) is 15.5. The van der Waals surface area contributed by atoms with Crippen molar-refractivity contribution in [1.82, 2.24) is 4.90 Å². The van der Waals surface area contributed by atoms with Crippen LogP contribution in [0.1, 0.15) is 29.8 Å². The van der Waals surface area contributed by atoms with Gasteiger partial charge >= 0.3 is 0 Å². The fourth-order valence-corrected chi connectivity index (χ4v) is 2.69. The Morgan fingerprint density at radius 1 is 1.00 bits per heavy atom. The molecule has 1 atom stereocenters. The molecular weight excluding hydrogens is 287 g/mol. The van der Waals surface area contributed by atoms with E-state index >= 15 is 0 Å². The maximum absolute atomic E-state index is 10.6. The Labute approximate surface area is 138 Å². The van der Waals surface area contributed by atoms with E-state index in [1.54, 1.807) is 12.1 Å². The molecule has 1 aliphatic heterocycles. The van der Waals surface area contributed by atoms with E-state index in [-0.39, 0.29) is 16.4 Å². The van der Waals surface area contributed by atoms with E-state index in [9.17, 15) is 10.1 Å². The molecule has 4 nitrogen and oxygen atoms in total. The molecule has 0 aromatic heterocycles. The van der Waals surface area contributed by atoms with Crippen molar-refractivity contribution >= 4 is 13.5 Å². The summed E-state index contributed by atoms with van der Waals surface area (Å²) in [6, 6.07) is 16.8. The predicted octanol–water partition coefficient (Wildman–Crippen LogP) is 3.03. The lowest BCUT2D eigenvalue weighted by atomic mass is 9.76. The molecule has 0 amide bonds. The van der Waals surface area contributed by atoms with E-state index in [1.165, 1.54) is 31.5 Å². The number of nitrogens with zero attached hydrogens (tertiary/aromatic N) is 2. The van der Waals surface area contributed by atoms with Crippen molar-refractivity contribution in [2.24, 2.45) is 0 Å². The first-order valence-corrected chi connectivity index (χ1v) is 8.06. The van der Waals surface area contributed by atoms with Gasteiger partial charge in [-0.15, -0.1) is 0 Å². The van der Waals surface area contributed by atoms with Crippen molar-refractivity contribution in [3.8, 4) is 0 Å². The Bertz CT molecular complexity index is 611. The number of rotatable bonds is 3. The highest BCUT2D eigenvalue weighted by atomic mass is 16.6. The molecule has 2 aromatic carbocycles. The summed E-state index contributed by atoms with van der Waals surface area (Å²) >= 11 is 0. The Balaban J connectivity index is 0.000000268. The SMILES string of the molecule is BC(c1ccccc1)c1ccc([N+](=O)[O-])cc1.CN1CCCC1. The lowest BCUT2D eigenvalue weighted by Crippen LogP contribution is -2.10. The molecule has 2 aromatic rings. The zero-order chi connectivity index (χ0) is 16.7. The van der Waals surface area contributed by atoms with Crippen molar-refractivity contribution in [2.45, 2.75) is 18.7 Å². The number of nitro groups is 1. The van der Waals surface area contributed by atoms with Gasteiger partial charge in [-0.05, 0) is 49.9 Å².